The Labute approximate surface area is 436 Å². The van der Waals surface area contributed by atoms with Gasteiger partial charge in [0.25, 0.3) is 0 Å². The molecule has 0 aliphatic rings. The molecule has 0 spiro atoms. The summed E-state index contributed by atoms with van der Waals surface area (Å²) in [7, 11) is 0. The molecule has 5 nitrogen and oxygen atoms in total. The number of fused-ring (bicyclic) bond motifs is 9. The minimum Gasteiger partial charge on any atom is -0.309 e. The molecule has 0 aliphatic heterocycles. The van der Waals surface area contributed by atoms with Crippen LogP contribution in [0, 0.1) is 0 Å². The van der Waals surface area contributed by atoms with Crippen LogP contribution in [0.15, 0.2) is 261 Å². The second-order valence-electron chi connectivity index (χ2n) is 19.1. The summed E-state index contributed by atoms with van der Waals surface area (Å²) >= 11 is 1.80. The van der Waals surface area contributed by atoms with E-state index >= 15 is 0 Å². The molecule has 75 heavy (non-hydrogen) atoms. The first-order valence-electron chi connectivity index (χ1n) is 25.3. The quantitative estimate of drug-likeness (QED) is 0.152. The number of hydrogen-bond donors (Lipinski definition) is 0. The summed E-state index contributed by atoms with van der Waals surface area (Å²) in [4.78, 5) is 16.3. The van der Waals surface area contributed by atoms with Gasteiger partial charge in [0.1, 0.15) is 0 Å². The van der Waals surface area contributed by atoms with E-state index in [-0.39, 0.29) is 0 Å². The van der Waals surface area contributed by atoms with Crippen molar-refractivity contribution in [2.45, 2.75) is 0 Å². The third-order valence-electron chi connectivity index (χ3n) is 14.8. The van der Waals surface area contributed by atoms with Crippen LogP contribution in [0.2, 0.25) is 0 Å². The fourth-order valence-electron chi connectivity index (χ4n) is 11.5. The number of aromatic nitrogens is 5. The van der Waals surface area contributed by atoms with Crippen LogP contribution in [0.5, 0.6) is 0 Å². The average Bonchev–Trinajstić information content (AvgIpc) is 4.21. The molecule has 6 heteroatoms. The molecule has 0 saturated carbocycles. The summed E-state index contributed by atoms with van der Waals surface area (Å²) in [5.41, 5.74) is 16.4. The van der Waals surface area contributed by atoms with E-state index < -0.39 is 0 Å². The summed E-state index contributed by atoms with van der Waals surface area (Å²) in [5, 5.41) is 7.12. The van der Waals surface area contributed by atoms with Crippen LogP contribution in [-0.4, -0.2) is 24.1 Å². The first-order chi connectivity index (χ1) is 37.2. The smallest absolute Gasteiger partial charge is 0.166 e. The fourth-order valence-corrected chi connectivity index (χ4v) is 12.6. The van der Waals surface area contributed by atoms with E-state index in [0.29, 0.717) is 17.5 Å². The zero-order valence-corrected chi connectivity index (χ0v) is 41.3. The molecule has 0 amide bonds. The molecule has 0 aliphatic carbocycles. The van der Waals surface area contributed by atoms with Crippen LogP contribution in [0.1, 0.15) is 0 Å². The summed E-state index contributed by atoms with van der Waals surface area (Å²) in [5.74, 6) is 1.84. The normalized spacial score (nSPS) is 11.7. The molecule has 350 valence electrons. The second kappa shape index (κ2) is 17.5. The van der Waals surface area contributed by atoms with Crippen LogP contribution < -0.4 is 0 Å². The monoisotopic (exact) mass is 973 g/mol. The number of benzene rings is 11. The Morgan fingerprint density at radius 2 is 0.760 bits per heavy atom. The minimum absolute atomic E-state index is 0.600. The maximum absolute atomic E-state index is 5.49. The van der Waals surface area contributed by atoms with Crippen LogP contribution in [0.3, 0.4) is 0 Å². The van der Waals surface area contributed by atoms with Gasteiger partial charge in [-0.15, -0.1) is 11.3 Å². The Hall–Kier alpha value is -9.75. The Kier molecular flexibility index (Phi) is 10.00. The second-order valence-corrected chi connectivity index (χ2v) is 20.2. The van der Waals surface area contributed by atoms with Crippen molar-refractivity contribution in [3.63, 3.8) is 0 Å². The highest BCUT2D eigenvalue weighted by Gasteiger charge is 2.24. The minimum atomic E-state index is 0.600. The Balaban J connectivity index is 0.963. The van der Waals surface area contributed by atoms with Gasteiger partial charge in [0, 0.05) is 64.1 Å². The van der Waals surface area contributed by atoms with Crippen molar-refractivity contribution in [1.29, 1.82) is 0 Å². The maximum Gasteiger partial charge on any atom is 0.166 e. The number of para-hydroxylation sites is 3. The molecule has 4 aromatic heterocycles. The van der Waals surface area contributed by atoms with Crippen molar-refractivity contribution in [1.82, 2.24) is 24.1 Å². The molecule has 11 aromatic carbocycles. The van der Waals surface area contributed by atoms with E-state index in [1.807, 2.05) is 0 Å². The van der Waals surface area contributed by atoms with Gasteiger partial charge in [0.2, 0.25) is 0 Å². The molecule has 0 radical (unpaired) electrons. The van der Waals surface area contributed by atoms with Crippen molar-refractivity contribution < 1.29 is 0 Å². The van der Waals surface area contributed by atoms with Crippen molar-refractivity contribution >= 4 is 75.1 Å². The van der Waals surface area contributed by atoms with Gasteiger partial charge in [-0.2, -0.15) is 0 Å². The van der Waals surface area contributed by atoms with Crippen LogP contribution in [0.25, 0.3) is 143 Å². The molecule has 0 N–H and O–H groups in total. The van der Waals surface area contributed by atoms with E-state index in [9.17, 15) is 0 Å². The lowest BCUT2D eigenvalue weighted by molar-refractivity contribution is 1.07. The lowest BCUT2D eigenvalue weighted by atomic mass is 9.95. The van der Waals surface area contributed by atoms with Gasteiger partial charge in [-0.05, 0) is 100 Å². The zero-order chi connectivity index (χ0) is 49.4. The average molecular weight is 974 g/mol. The number of thiophene rings is 1. The van der Waals surface area contributed by atoms with E-state index in [4.69, 9.17) is 15.0 Å². The first-order valence-corrected chi connectivity index (χ1v) is 26.2. The molecule has 0 unspecified atom stereocenters. The Morgan fingerprint density at radius 3 is 1.52 bits per heavy atom. The molecule has 0 bridgehead atoms. The van der Waals surface area contributed by atoms with Gasteiger partial charge in [-0.25, -0.2) is 15.0 Å². The van der Waals surface area contributed by atoms with Crippen LogP contribution in [-0.2, 0) is 0 Å². The molecular weight excluding hydrogens is 931 g/mol. The molecule has 15 rings (SSSR count). The van der Waals surface area contributed by atoms with E-state index in [0.717, 1.165) is 61.1 Å². The van der Waals surface area contributed by atoms with Gasteiger partial charge in [0.15, 0.2) is 17.5 Å². The molecule has 0 atom stereocenters. The number of rotatable bonds is 8. The van der Waals surface area contributed by atoms with Crippen molar-refractivity contribution in [2.75, 3.05) is 0 Å². The van der Waals surface area contributed by atoms with Crippen molar-refractivity contribution in [2.24, 2.45) is 0 Å². The summed E-state index contributed by atoms with van der Waals surface area (Å²) in [6.07, 6.45) is 0. The largest absolute Gasteiger partial charge is 0.309 e. The highest BCUT2D eigenvalue weighted by molar-refractivity contribution is 7.25. The van der Waals surface area contributed by atoms with E-state index in [1.165, 1.54) is 64.1 Å². The summed E-state index contributed by atoms with van der Waals surface area (Å²) < 4.78 is 7.27. The van der Waals surface area contributed by atoms with E-state index in [2.05, 4.69) is 270 Å². The summed E-state index contributed by atoms with van der Waals surface area (Å²) in [6, 6.07) is 93.4. The summed E-state index contributed by atoms with van der Waals surface area (Å²) in [6.45, 7) is 0. The lowest BCUT2D eigenvalue weighted by Crippen LogP contribution is -2.03. The predicted octanol–water partition coefficient (Wildman–Crippen LogP) is 18.4. The molecule has 4 heterocycles. The molecule has 0 saturated heterocycles. The Bertz CT molecular complexity index is 4700. The predicted molar refractivity (Wildman–Crippen MR) is 314 cm³/mol. The molecule has 0 fully saturated rings. The van der Waals surface area contributed by atoms with Crippen LogP contribution >= 0.6 is 11.3 Å². The molecular formula is C69H43N5S. The molecule has 15 aromatic rings. The number of hydrogen-bond acceptors (Lipinski definition) is 4. The highest BCUT2D eigenvalue weighted by atomic mass is 32.1. The third kappa shape index (κ3) is 7.03. The van der Waals surface area contributed by atoms with Gasteiger partial charge in [-0.1, -0.05) is 194 Å². The van der Waals surface area contributed by atoms with Gasteiger partial charge in [0.05, 0.1) is 27.8 Å². The van der Waals surface area contributed by atoms with Crippen LogP contribution in [0.4, 0.5) is 0 Å². The highest BCUT2D eigenvalue weighted by Crippen LogP contribution is 2.46. The standard InChI is InChI=1S/C69H43N5S/c1-4-20-44(21-5-1)46-24-16-25-48(42-46)67-70-68(72-69(71-67)56-33-19-39-63-66(56)55-30-12-15-38-62(55)75-63)54-29-11-14-35-58(54)74-57-34-13-10-28-52(57)64-50(32-18-37-60(64)74)51-31-17-36-59-65(51)53-41-40-47(45-22-6-2-7-23-45)43-61(53)73(59)49-26-8-3-9-27-49/h1-43H. The van der Waals surface area contributed by atoms with Gasteiger partial charge in [-0.3, -0.25) is 0 Å². The van der Waals surface area contributed by atoms with Crippen molar-refractivity contribution in [3.8, 4) is 78.9 Å². The third-order valence-corrected chi connectivity index (χ3v) is 15.9. The topological polar surface area (TPSA) is 48.5 Å². The van der Waals surface area contributed by atoms with E-state index in [1.54, 1.807) is 11.3 Å². The Morgan fingerprint density at radius 1 is 0.267 bits per heavy atom. The van der Waals surface area contributed by atoms with Crippen molar-refractivity contribution in [3.05, 3.63) is 261 Å². The van der Waals surface area contributed by atoms with Gasteiger partial charge >= 0.3 is 0 Å². The number of nitrogens with zero attached hydrogens (tertiary/aromatic N) is 5. The fraction of sp³-hybridized carbons (Fsp3) is 0. The lowest BCUT2D eigenvalue weighted by Gasteiger charge is -2.15. The zero-order valence-electron chi connectivity index (χ0n) is 40.5. The maximum atomic E-state index is 5.49. The SMILES string of the molecule is c1ccc(-c2cccc(-c3nc(-c4ccccc4-n4c5ccccc5c5c(-c6cccc7c6c6ccc(-c8ccccc8)cc6n7-c6ccccc6)cccc54)nc(-c4cccc5sc6ccccc6c45)n3)c2)cc1. The van der Waals surface area contributed by atoms with Gasteiger partial charge < -0.3 is 9.13 Å². The first kappa shape index (κ1) is 42.9.